The van der Waals surface area contributed by atoms with Crippen molar-refractivity contribution in [3.63, 3.8) is 0 Å². The summed E-state index contributed by atoms with van der Waals surface area (Å²) < 4.78 is 0. The Bertz CT molecular complexity index is 317. The number of carbonyl (C=O) groups is 3. The molecule has 2 atom stereocenters. The highest BCUT2D eigenvalue weighted by atomic mass is 16.4. The number of carboxylic acids is 1. The number of nitrogens with one attached hydrogen (secondary N) is 2. The summed E-state index contributed by atoms with van der Waals surface area (Å²) in [5.41, 5.74) is 0. The fourth-order valence-corrected chi connectivity index (χ4v) is 1.82. The van der Waals surface area contributed by atoms with E-state index in [9.17, 15) is 14.4 Å². The molecule has 1 heterocycles. The van der Waals surface area contributed by atoms with Crippen molar-refractivity contribution in [3.8, 4) is 0 Å². The number of carbonyl (C=O) groups excluding carboxylic acids is 2. The molecule has 0 radical (unpaired) electrons. The Morgan fingerprint density at radius 1 is 1.59 bits per heavy atom. The zero-order valence-corrected chi connectivity index (χ0v) is 9.86. The summed E-state index contributed by atoms with van der Waals surface area (Å²) in [6, 6.07) is -0.501. The summed E-state index contributed by atoms with van der Waals surface area (Å²) >= 11 is 0. The predicted octanol–water partition coefficient (Wildman–Crippen LogP) is -0.118. The molecule has 0 aromatic carbocycles. The molecule has 0 aromatic rings. The largest absolute Gasteiger partial charge is 0.481 e. The summed E-state index contributed by atoms with van der Waals surface area (Å²) in [5, 5.41) is 14.0. The molecule has 1 rings (SSSR count). The zero-order chi connectivity index (χ0) is 12.8. The molecule has 1 fully saturated rings. The van der Waals surface area contributed by atoms with Crippen LogP contribution in [0.1, 0.15) is 32.6 Å². The monoisotopic (exact) mass is 242 g/mol. The molecule has 0 saturated carbocycles. The molecular weight excluding hydrogens is 224 g/mol. The lowest BCUT2D eigenvalue weighted by atomic mass is 10.0. The second kappa shape index (κ2) is 6.22. The van der Waals surface area contributed by atoms with Crippen molar-refractivity contribution >= 4 is 17.8 Å². The Labute approximate surface area is 99.8 Å². The Morgan fingerprint density at radius 3 is 2.76 bits per heavy atom. The maximum absolute atomic E-state index is 11.6. The molecule has 1 aliphatic rings. The van der Waals surface area contributed by atoms with E-state index in [1.165, 1.54) is 0 Å². The van der Waals surface area contributed by atoms with Crippen molar-refractivity contribution in [2.45, 2.75) is 38.6 Å². The van der Waals surface area contributed by atoms with Gasteiger partial charge >= 0.3 is 5.97 Å². The van der Waals surface area contributed by atoms with Gasteiger partial charge < -0.3 is 15.7 Å². The van der Waals surface area contributed by atoms with Gasteiger partial charge in [0.05, 0.1) is 5.92 Å². The fourth-order valence-electron chi connectivity index (χ4n) is 1.82. The second-order valence-electron chi connectivity index (χ2n) is 4.23. The number of aliphatic carboxylic acids is 1. The van der Waals surface area contributed by atoms with Gasteiger partial charge in [-0.2, -0.15) is 0 Å². The lowest BCUT2D eigenvalue weighted by molar-refractivity contribution is -0.142. The van der Waals surface area contributed by atoms with E-state index in [1.807, 2.05) is 6.92 Å². The maximum atomic E-state index is 11.6. The summed E-state index contributed by atoms with van der Waals surface area (Å²) in [6.07, 6.45) is 2.13. The van der Waals surface area contributed by atoms with Gasteiger partial charge in [-0.25, -0.2) is 0 Å². The van der Waals surface area contributed by atoms with Crippen LogP contribution < -0.4 is 10.6 Å². The topological polar surface area (TPSA) is 95.5 Å². The van der Waals surface area contributed by atoms with Gasteiger partial charge in [0.1, 0.15) is 6.04 Å². The van der Waals surface area contributed by atoms with Crippen LogP contribution in [0.15, 0.2) is 0 Å². The summed E-state index contributed by atoms with van der Waals surface area (Å²) in [6.45, 7) is 2.02. The minimum absolute atomic E-state index is 0.119. The summed E-state index contributed by atoms with van der Waals surface area (Å²) in [4.78, 5) is 33.4. The first kappa shape index (κ1) is 13.5. The van der Waals surface area contributed by atoms with E-state index < -0.39 is 17.9 Å². The molecule has 1 aliphatic heterocycles. The van der Waals surface area contributed by atoms with Gasteiger partial charge in [-0.3, -0.25) is 14.4 Å². The van der Waals surface area contributed by atoms with Crippen molar-refractivity contribution in [2.24, 2.45) is 5.92 Å². The molecule has 1 saturated heterocycles. The van der Waals surface area contributed by atoms with Crippen LogP contribution in [-0.2, 0) is 14.4 Å². The van der Waals surface area contributed by atoms with E-state index in [-0.39, 0.29) is 18.4 Å². The third kappa shape index (κ3) is 4.05. The van der Waals surface area contributed by atoms with Crippen LogP contribution in [0, 0.1) is 5.92 Å². The molecule has 96 valence electrons. The van der Waals surface area contributed by atoms with Crippen LogP contribution in [0.4, 0.5) is 0 Å². The van der Waals surface area contributed by atoms with Crippen LogP contribution >= 0.6 is 0 Å². The van der Waals surface area contributed by atoms with E-state index >= 15 is 0 Å². The highest BCUT2D eigenvalue weighted by molar-refractivity contribution is 5.90. The van der Waals surface area contributed by atoms with Gasteiger partial charge in [-0.1, -0.05) is 13.3 Å². The van der Waals surface area contributed by atoms with Crippen LogP contribution in [0.5, 0.6) is 0 Å². The highest BCUT2D eigenvalue weighted by Crippen LogP contribution is 2.08. The average molecular weight is 242 g/mol. The van der Waals surface area contributed by atoms with E-state index in [0.29, 0.717) is 19.3 Å². The van der Waals surface area contributed by atoms with Crippen LogP contribution in [-0.4, -0.2) is 35.5 Å². The van der Waals surface area contributed by atoms with E-state index in [4.69, 9.17) is 5.11 Å². The predicted molar refractivity (Wildman–Crippen MR) is 60.2 cm³/mol. The zero-order valence-electron chi connectivity index (χ0n) is 9.86. The molecule has 0 spiro atoms. The molecule has 6 nitrogen and oxygen atoms in total. The SMILES string of the molecule is CCCC(CNC(=O)[C@@H]1CCC(=O)N1)C(=O)O. The van der Waals surface area contributed by atoms with Crippen molar-refractivity contribution in [1.29, 1.82) is 0 Å². The molecular formula is C11H18N2O4. The Morgan fingerprint density at radius 2 is 2.29 bits per heavy atom. The minimum Gasteiger partial charge on any atom is -0.481 e. The lowest BCUT2D eigenvalue weighted by Gasteiger charge is -2.15. The van der Waals surface area contributed by atoms with E-state index in [0.717, 1.165) is 6.42 Å². The maximum Gasteiger partial charge on any atom is 0.308 e. The molecule has 0 aromatic heterocycles. The Balaban J connectivity index is 2.35. The van der Waals surface area contributed by atoms with Crippen molar-refractivity contribution < 1.29 is 19.5 Å². The van der Waals surface area contributed by atoms with Crippen LogP contribution in [0.3, 0.4) is 0 Å². The highest BCUT2D eigenvalue weighted by Gasteiger charge is 2.27. The van der Waals surface area contributed by atoms with Crippen LogP contribution in [0.25, 0.3) is 0 Å². The van der Waals surface area contributed by atoms with Crippen molar-refractivity contribution in [3.05, 3.63) is 0 Å². The van der Waals surface area contributed by atoms with E-state index in [1.54, 1.807) is 0 Å². The lowest BCUT2D eigenvalue weighted by Crippen LogP contribution is -2.44. The van der Waals surface area contributed by atoms with Crippen LogP contribution in [0.2, 0.25) is 0 Å². The van der Waals surface area contributed by atoms with Gasteiger partial charge in [0, 0.05) is 13.0 Å². The molecule has 2 amide bonds. The van der Waals surface area contributed by atoms with Gasteiger partial charge in [-0.05, 0) is 12.8 Å². The number of hydrogen-bond donors (Lipinski definition) is 3. The van der Waals surface area contributed by atoms with Gasteiger partial charge in [-0.15, -0.1) is 0 Å². The third-order valence-corrected chi connectivity index (χ3v) is 2.82. The van der Waals surface area contributed by atoms with Gasteiger partial charge in [0.2, 0.25) is 11.8 Å². The molecule has 1 unspecified atom stereocenters. The number of carboxylic acid groups (broad SMARTS) is 1. The normalized spacial score (nSPS) is 20.8. The first-order chi connectivity index (χ1) is 8.04. The number of hydrogen-bond acceptors (Lipinski definition) is 3. The van der Waals surface area contributed by atoms with Gasteiger partial charge in [0.25, 0.3) is 0 Å². The van der Waals surface area contributed by atoms with E-state index in [2.05, 4.69) is 10.6 Å². The average Bonchev–Trinajstić information content (AvgIpc) is 2.70. The summed E-state index contributed by atoms with van der Waals surface area (Å²) in [5.74, 6) is -1.88. The second-order valence-corrected chi connectivity index (χ2v) is 4.23. The molecule has 3 N–H and O–H groups in total. The molecule has 6 heteroatoms. The number of rotatable bonds is 6. The summed E-state index contributed by atoms with van der Waals surface area (Å²) in [7, 11) is 0. The third-order valence-electron chi connectivity index (χ3n) is 2.82. The minimum atomic E-state index is -0.900. The van der Waals surface area contributed by atoms with Crippen molar-refractivity contribution in [1.82, 2.24) is 10.6 Å². The Hall–Kier alpha value is -1.59. The molecule has 0 bridgehead atoms. The first-order valence-corrected chi connectivity index (χ1v) is 5.84. The quantitative estimate of drug-likeness (QED) is 0.605. The Kier molecular flexibility index (Phi) is 4.93. The fraction of sp³-hybridized carbons (Fsp3) is 0.727. The van der Waals surface area contributed by atoms with Crippen molar-refractivity contribution in [2.75, 3.05) is 6.54 Å². The molecule has 17 heavy (non-hydrogen) atoms. The standard InChI is InChI=1S/C11H18N2O4/c1-2-3-7(11(16)17)6-12-10(15)8-4-5-9(14)13-8/h7-8H,2-6H2,1H3,(H,12,15)(H,13,14)(H,16,17)/t7?,8-/m0/s1. The first-order valence-electron chi connectivity index (χ1n) is 5.84. The number of amides is 2. The smallest absolute Gasteiger partial charge is 0.308 e. The van der Waals surface area contributed by atoms with Gasteiger partial charge in [0.15, 0.2) is 0 Å². The molecule has 0 aliphatic carbocycles.